The lowest BCUT2D eigenvalue weighted by Gasteiger charge is -2.22. The van der Waals surface area contributed by atoms with Crippen molar-refractivity contribution >= 4 is 27.5 Å². The van der Waals surface area contributed by atoms with E-state index < -0.39 is 0 Å². The van der Waals surface area contributed by atoms with Crippen molar-refractivity contribution < 1.29 is 13.6 Å². The maximum Gasteiger partial charge on any atom is 0.264 e. The van der Waals surface area contributed by atoms with Crippen molar-refractivity contribution in [3.63, 3.8) is 0 Å². The van der Waals surface area contributed by atoms with Crippen molar-refractivity contribution in [2.75, 3.05) is 0 Å². The molecule has 0 saturated heterocycles. The summed E-state index contributed by atoms with van der Waals surface area (Å²) < 4.78 is 19.6. The van der Waals surface area contributed by atoms with Gasteiger partial charge in [0.15, 0.2) is 11.6 Å². The van der Waals surface area contributed by atoms with Gasteiger partial charge in [-0.2, -0.15) is 0 Å². The first-order valence-corrected chi connectivity index (χ1v) is 10.7. The smallest absolute Gasteiger partial charge is 0.264 e. The third kappa shape index (κ3) is 3.29. The molecule has 4 aromatic rings. The molecule has 1 aliphatic rings. The first-order chi connectivity index (χ1) is 14.5. The van der Waals surface area contributed by atoms with Gasteiger partial charge >= 0.3 is 0 Å². The van der Waals surface area contributed by atoms with Crippen LogP contribution in [0.3, 0.4) is 0 Å². The van der Waals surface area contributed by atoms with Crippen LogP contribution in [0.1, 0.15) is 39.3 Å². The van der Waals surface area contributed by atoms with Gasteiger partial charge in [0.25, 0.3) is 5.91 Å². The number of carbonyl (C=O) groups is 1. The van der Waals surface area contributed by atoms with Gasteiger partial charge in [0.2, 0.25) is 0 Å². The molecule has 1 aliphatic carbocycles. The molecule has 5 nitrogen and oxygen atoms in total. The quantitative estimate of drug-likeness (QED) is 0.426. The average Bonchev–Trinajstić information content (AvgIpc) is 3.30. The fourth-order valence-electron chi connectivity index (χ4n) is 3.75. The third-order valence-corrected chi connectivity index (χ3v) is 6.63. The second-order valence-corrected chi connectivity index (χ2v) is 8.60. The van der Waals surface area contributed by atoms with Gasteiger partial charge in [-0.1, -0.05) is 18.2 Å². The van der Waals surface area contributed by atoms with Crippen LogP contribution in [0, 0.1) is 19.7 Å². The molecular formula is C23H20FN3O2S. The standard InChI is InChI=1S/C23H20FN3O2S/c1-13-19-14(2)25-21(18-8-5-11-29-18)26-22(19)30-20(13)23(28)27(16-9-10-16)12-15-6-3-4-7-17(15)24/h3-8,11,16H,9-10,12H2,1-2H3. The molecule has 0 radical (unpaired) electrons. The predicted molar refractivity (Wildman–Crippen MR) is 114 cm³/mol. The molecule has 5 rings (SSSR count). The highest BCUT2D eigenvalue weighted by Gasteiger charge is 2.35. The number of amides is 1. The van der Waals surface area contributed by atoms with Crippen molar-refractivity contribution in [1.29, 1.82) is 0 Å². The summed E-state index contributed by atoms with van der Waals surface area (Å²) in [5.74, 6) is 0.753. The van der Waals surface area contributed by atoms with Crippen LogP contribution in [0.4, 0.5) is 4.39 Å². The molecule has 30 heavy (non-hydrogen) atoms. The SMILES string of the molecule is Cc1nc(-c2ccco2)nc2sc(C(=O)N(Cc3ccccc3F)C3CC3)c(C)c12. The van der Waals surface area contributed by atoms with Crippen LogP contribution in [-0.4, -0.2) is 26.8 Å². The summed E-state index contributed by atoms with van der Waals surface area (Å²) in [4.78, 5) is 25.9. The van der Waals surface area contributed by atoms with Crippen molar-refractivity contribution in [2.24, 2.45) is 0 Å². The molecule has 0 N–H and O–H groups in total. The van der Waals surface area contributed by atoms with Gasteiger partial charge in [-0.15, -0.1) is 11.3 Å². The van der Waals surface area contributed by atoms with Crippen LogP contribution in [0.25, 0.3) is 21.8 Å². The maximum atomic E-state index is 14.2. The Morgan fingerprint density at radius 1 is 1.20 bits per heavy atom. The summed E-state index contributed by atoms with van der Waals surface area (Å²) >= 11 is 1.37. The molecule has 3 aromatic heterocycles. The van der Waals surface area contributed by atoms with E-state index in [4.69, 9.17) is 4.42 Å². The van der Waals surface area contributed by atoms with Gasteiger partial charge in [0.1, 0.15) is 10.6 Å². The Bertz CT molecular complexity index is 1250. The molecule has 0 spiro atoms. The minimum absolute atomic E-state index is 0.0693. The predicted octanol–water partition coefficient (Wildman–Crippen LogP) is 5.51. The second-order valence-electron chi connectivity index (χ2n) is 7.60. The topological polar surface area (TPSA) is 59.2 Å². The van der Waals surface area contributed by atoms with Gasteiger partial charge in [-0.25, -0.2) is 14.4 Å². The molecule has 0 unspecified atom stereocenters. The average molecular weight is 421 g/mol. The Balaban J connectivity index is 1.54. The third-order valence-electron chi connectivity index (χ3n) is 5.45. The minimum atomic E-state index is -0.284. The van der Waals surface area contributed by atoms with Crippen LogP contribution in [0.15, 0.2) is 47.1 Å². The zero-order valence-corrected chi connectivity index (χ0v) is 17.5. The van der Waals surface area contributed by atoms with E-state index in [0.29, 0.717) is 22.0 Å². The van der Waals surface area contributed by atoms with Crippen molar-refractivity contribution in [1.82, 2.24) is 14.9 Å². The number of halogens is 1. The van der Waals surface area contributed by atoms with Gasteiger partial charge < -0.3 is 9.32 Å². The molecule has 1 saturated carbocycles. The van der Waals surface area contributed by atoms with E-state index in [1.807, 2.05) is 19.9 Å². The number of rotatable bonds is 5. The van der Waals surface area contributed by atoms with Crippen LogP contribution in [-0.2, 0) is 6.54 Å². The Morgan fingerprint density at radius 2 is 2.00 bits per heavy atom. The van der Waals surface area contributed by atoms with Gasteiger partial charge in [0, 0.05) is 23.5 Å². The highest BCUT2D eigenvalue weighted by Crippen LogP contribution is 2.37. The maximum absolute atomic E-state index is 14.2. The number of thiophene rings is 1. The van der Waals surface area contributed by atoms with Crippen molar-refractivity contribution in [3.8, 4) is 11.6 Å². The number of carbonyl (C=O) groups excluding carboxylic acids is 1. The summed E-state index contributed by atoms with van der Waals surface area (Å²) in [6, 6.07) is 10.4. The molecule has 7 heteroatoms. The second kappa shape index (κ2) is 7.32. The first kappa shape index (κ1) is 18.9. The van der Waals surface area contributed by atoms with Crippen molar-refractivity contribution in [2.45, 2.75) is 39.3 Å². The lowest BCUT2D eigenvalue weighted by molar-refractivity contribution is 0.0732. The van der Waals surface area contributed by atoms with E-state index in [0.717, 1.165) is 34.3 Å². The fraction of sp³-hybridized carbons (Fsp3) is 0.261. The Kier molecular flexibility index (Phi) is 4.62. The van der Waals surface area contributed by atoms with E-state index in [2.05, 4.69) is 9.97 Å². The van der Waals surface area contributed by atoms with Crippen LogP contribution >= 0.6 is 11.3 Å². The number of aryl methyl sites for hydroxylation is 2. The monoisotopic (exact) mass is 421 g/mol. The molecule has 1 fully saturated rings. The molecule has 152 valence electrons. The van der Waals surface area contributed by atoms with Crippen molar-refractivity contribution in [3.05, 3.63) is 70.2 Å². The van der Waals surface area contributed by atoms with E-state index in [9.17, 15) is 9.18 Å². The number of fused-ring (bicyclic) bond motifs is 1. The molecule has 0 aliphatic heterocycles. The highest BCUT2D eigenvalue weighted by atomic mass is 32.1. The summed E-state index contributed by atoms with van der Waals surface area (Å²) in [7, 11) is 0. The van der Waals surface area contributed by atoms with Gasteiger partial charge in [0.05, 0.1) is 16.8 Å². The first-order valence-electron chi connectivity index (χ1n) is 9.89. The molecular weight excluding hydrogens is 401 g/mol. The summed E-state index contributed by atoms with van der Waals surface area (Å²) in [5.41, 5.74) is 2.22. The summed E-state index contributed by atoms with van der Waals surface area (Å²) in [6.45, 7) is 4.12. The Morgan fingerprint density at radius 3 is 2.70 bits per heavy atom. The van der Waals surface area contributed by atoms with Crippen LogP contribution < -0.4 is 0 Å². The van der Waals surface area contributed by atoms with Gasteiger partial charge in [-0.05, 0) is 50.5 Å². The largest absolute Gasteiger partial charge is 0.461 e. The van der Waals surface area contributed by atoms with E-state index in [1.165, 1.54) is 17.4 Å². The Labute approximate surface area is 177 Å². The number of benzene rings is 1. The number of hydrogen-bond donors (Lipinski definition) is 0. The zero-order chi connectivity index (χ0) is 20.8. The number of nitrogens with zero attached hydrogens (tertiary/aromatic N) is 3. The van der Waals surface area contributed by atoms with Gasteiger partial charge in [-0.3, -0.25) is 4.79 Å². The number of furan rings is 1. The zero-order valence-electron chi connectivity index (χ0n) is 16.7. The number of aromatic nitrogens is 2. The summed E-state index contributed by atoms with van der Waals surface area (Å²) in [6.07, 6.45) is 3.49. The molecule has 1 amide bonds. The van der Waals surface area contributed by atoms with Crippen LogP contribution in [0.5, 0.6) is 0 Å². The van der Waals surface area contributed by atoms with E-state index in [-0.39, 0.29) is 24.3 Å². The lowest BCUT2D eigenvalue weighted by Crippen LogP contribution is -2.32. The molecule has 1 aromatic carbocycles. The summed E-state index contributed by atoms with van der Waals surface area (Å²) in [5, 5.41) is 0.903. The fourth-order valence-corrected chi connectivity index (χ4v) is 4.94. The van der Waals surface area contributed by atoms with Crippen LogP contribution in [0.2, 0.25) is 0 Å². The van der Waals surface area contributed by atoms with E-state index in [1.54, 1.807) is 35.4 Å². The molecule has 0 bridgehead atoms. The number of hydrogen-bond acceptors (Lipinski definition) is 5. The van der Waals surface area contributed by atoms with E-state index >= 15 is 0 Å². The molecule has 3 heterocycles. The lowest BCUT2D eigenvalue weighted by atomic mass is 10.1. The normalized spacial score (nSPS) is 13.7. The molecule has 0 atom stereocenters. The highest BCUT2D eigenvalue weighted by molar-refractivity contribution is 7.20. The minimum Gasteiger partial charge on any atom is -0.461 e. The Hall–Kier alpha value is -3.06.